The molecule has 3 heterocycles. The number of carbonyl (C=O) groups excluding carboxylic acids is 3. The highest BCUT2D eigenvalue weighted by Gasteiger charge is 2.35. The van der Waals surface area contributed by atoms with Gasteiger partial charge in [-0.2, -0.15) is 9.78 Å². The molecule has 1 unspecified atom stereocenters. The number of likely N-dealkylation sites (tertiary alicyclic amines) is 1. The second-order valence-corrected chi connectivity index (χ2v) is 8.79. The number of amides is 2. The van der Waals surface area contributed by atoms with Gasteiger partial charge in [-0.25, -0.2) is 9.78 Å². The average Bonchev–Trinajstić information content (AvgIpc) is 3.42. The molecule has 1 aliphatic heterocycles. The van der Waals surface area contributed by atoms with Gasteiger partial charge < -0.3 is 19.9 Å². The van der Waals surface area contributed by atoms with E-state index >= 15 is 0 Å². The van der Waals surface area contributed by atoms with Crippen LogP contribution in [-0.4, -0.2) is 82.7 Å². The number of pyridine rings is 1. The Morgan fingerprint density at radius 3 is 2.77 bits per heavy atom. The third-order valence-corrected chi connectivity index (χ3v) is 5.93. The number of aromatic nitrogens is 3. The Morgan fingerprint density at radius 2 is 2.00 bits per heavy atom. The van der Waals surface area contributed by atoms with Gasteiger partial charge in [-0.1, -0.05) is 18.2 Å². The molecule has 184 valence electrons. The highest BCUT2D eigenvalue weighted by Crippen LogP contribution is 2.25. The van der Waals surface area contributed by atoms with E-state index in [4.69, 9.17) is 4.74 Å². The van der Waals surface area contributed by atoms with Gasteiger partial charge in [-0.05, 0) is 52.2 Å². The van der Waals surface area contributed by atoms with E-state index in [1.165, 1.54) is 10.9 Å². The first-order chi connectivity index (χ1) is 16.9. The van der Waals surface area contributed by atoms with E-state index in [1.54, 1.807) is 17.9 Å². The Balaban J connectivity index is 1.58. The van der Waals surface area contributed by atoms with Crippen LogP contribution in [0.25, 0.3) is 16.7 Å². The Kier molecular flexibility index (Phi) is 7.40. The molecule has 1 N–H and O–H groups in total. The maximum absolute atomic E-state index is 13.2. The molecule has 0 bridgehead atoms. The van der Waals surface area contributed by atoms with Crippen molar-refractivity contribution in [3.05, 3.63) is 48.2 Å². The van der Waals surface area contributed by atoms with Crippen molar-refractivity contribution < 1.29 is 19.1 Å². The van der Waals surface area contributed by atoms with Gasteiger partial charge in [-0.15, -0.1) is 0 Å². The van der Waals surface area contributed by atoms with Crippen molar-refractivity contribution in [2.24, 2.45) is 5.92 Å². The molecular formula is C25H30N6O4. The van der Waals surface area contributed by atoms with E-state index in [2.05, 4.69) is 20.3 Å². The SMILES string of the molecule is CCOC(=O)c1cnn(-c2ccc3ccccc3n2)c1NC(=O)C1CC(=O)N(CCCN(C)C)C1. The largest absolute Gasteiger partial charge is 0.462 e. The monoisotopic (exact) mass is 478 g/mol. The summed E-state index contributed by atoms with van der Waals surface area (Å²) in [6, 6.07) is 11.3. The zero-order valence-electron chi connectivity index (χ0n) is 20.2. The number of nitrogens with one attached hydrogen (secondary N) is 1. The number of hydrogen-bond donors (Lipinski definition) is 1. The normalized spacial score (nSPS) is 15.7. The molecule has 2 amide bonds. The van der Waals surface area contributed by atoms with Crippen molar-refractivity contribution in [2.75, 3.05) is 45.7 Å². The molecule has 0 saturated carbocycles. The predicted molar refractivity (Wildman–Crippen MR) is 131 cm³/mol. The Hall–Kier alpha value is -3.79. The molecule has 1 atom stereocenters. The van der Waals surface area contributed by atoms with Crippen molar-refractivity contribution in [1.29, 1.82) is 0 Å². The van der Waals surface area contributed by atoms with Crippen LogP contribution in [0.1, 0.15) is 30.1 Å². The van der Waals surface area contributed by atoms with Crippen molar-refractivity contribution in [1.82, 2.24) is 24.6 Å². The van der Waals surface area contributed by atoms with Crippen LogP contribution >= 0.6 is 0 Å². The van der Waals surface area contributed by atoms with E-state index < -0.39 is 11.9 Å². The summed E-state index contributed by atoms with van der Waals surface area (Å²) in [5.74, 6) is -0.884. The molecule has 10 heteroatoms. The summed E-state index contributed by atoms with van der Waals surface area (Å²) >= 11 is 0. The van der Waals surface area contributed by atoms with Crippen LogP contribution in [-0.2, 0) is 14.3 Å². The summed E-state index contributed by atoms with van der Waals surface area (Å²) < 4.78 is 6.58. The van der Waals surface area contributed by atoms with E-state index in [9.17, 15) is 14.4 Å². The number of carbonyl (C=O) groups is 3. The number of fused-ring (bicyclic) bond motifs is 1. The summed E-state index contributed by atoms with van der Waals surface area (Å²) in [6.07, 6.45) is 2.32. The number of ether oxygens (including phenoxy) is 1. The van der Waals surface area contributed by atoms with Crippen molar-refractivity contribution in [2.45, 2.75) is 19.8 Å². The molecule has 0 radical (unpaired) electrons. The lowest BCUT2D eigenvalue weighted by atomic mass is 10.1. The number of rotatable bonds is 9. The van der Waals surface area contributed by atoms with Gasteiger partial charge in [0.1, 0.15) is 5.56 Å². The molecule has 0 spiro atoms. The zero-order valence-corrected chi connectivity index (χ0v) is 20.2. The van der Waals surface area contributed by atoms with Crippen LogP contribution in [0.15, 0.2) is 42.6 Å². The molecule has 1 saturated heterocycles. The van der Waals surface area contributed by atoms with Crippen LogP contribution in [0.3, 0.4) is 0 Å². The summed E-state index contributed by atoms with van der Waals surface area (Å²) in [4.78, 5) is 46.7. The summed E-state index contributed by atoms with van der Waals surface area (Å²) in [5.41, 5.74) is 0.882. The molecule has 0 aliphatic carbocycles. The van der Waals surface area contributed by atoms with Gasteiger partial charge in [-0.3, -0.25) is 9.59 Å². The van der Waals surface area contributed by atoms with E-state index in [0.717, 1.165) is 23.9 Å². The minimum Gasteiger partial charge on any atom is -0.462 e. The third-order valence-electron chi connectivity index (χ3n) is 5.93. The topological polar surface area (TPSA) is 110 Å². The number of benzene rings is 1. The standard InChI is InChI=1S/C25H30N6O4/c1-4-35-25(34)19-15-26-31(21-11-10-17-8-5-6-9-20(17)27-21)23(19)28-24(33)18-14-22(32)30(16-18)13-7-12-29(2)3/h5-6,8-11,15,18H,4,7,12-14,16H2,1-3H3,(H,28,33). The number of anilines is 1. The molecule has 1 fully saturated rings. The first-order valence-electron chi connectivity index (χ1n) is 11.7. The van der Waals surface area contributed by atoms with Crippen LogP contribution in [0.5, 0.6) is 0 Å². The second-order valence-electron chi connectivity index (χ2n) is 8.79. The fourth-order valence-electron chi connectivity index (χ4n) is 4.13. The maximum Gasteiger partial charge on any atom is 0.343 e. The fraction of sp³-hybridized carbons (Fsp3) is 0.400. The first-order valence-corrected chi connectivity index (χ1v) is 11.7. The first kappa shape index (κ1) is 24.3. The molecule has 1 aliphatic rings. The van der Waals surface area contributed by atoms with Gasteiger partial charge in [0, 0.05) is 24.9 Å². The fourth-order valence-corrected chi connectivity index (χ4v) is 4.13. The quantitative estimate of drug-likeness (QED) is 0.470. The minimum atomic E-state index is -0.595. The third kappa shape index (κ3) is 5.48. The average molecular weight is 479 g/mol. The minimum absolute atomic E-state index is 0.0424. The molecule has 4 rings (SSSR count). The lowest BCUT2D eigenvalue weighted by Crippen LogP contribution is -2.31. The molecule has 1 aromatic carbocycles. The van der Waals surface area contributed by atoms with E-state index in [-0.39, 0.29) is 36.2 Å². The number of nitrogens with zero attached hydrogens (tertiary/aromatic N) is 5. The Morgan fingerprint density at radius 1 is 1.20 bits per heavy atom. The van der Waals surface area contributed by atoms with Crippen molar-refractivity contribution >= 4 is 34.5 Å². The van der Waals surface area contributed by atoms with E-state index in [1.807, 2.05) is 44.4 Å². The molecule has 10 nitrogen and oxygen atoms in total. The maximum atomic E-state index is 13.2. The second kappa shape index (κ2) is 10.6. The van der Waals surface area contributed by atoms with Gasteiger partial charge in [0.25, 0.3) is 0 Å². The van der Waals surface area contributed by atoms with Gasteiger partial charge in [0.2, 0.25) is 11.8 Å². The predicted octanol–water partition coefficient (Wildman–Crippen LogP) is 2.34. The number of para-hydroxylation sites is 1. The Labute approximate surface area is 203 Å². The highest BCUT2D eigenvalue weighted by atomic mass is 16.5. The molecule has 2 aromatic heterocycles. The summed E-state index contributed by atoms with van der Waals surface area (Å²) in [5, 5.41) is 8.11. The summed E-state index contributed by atoms with van der Waals surface area (Å²) in [7, 11) is 3.97. The van der Waals surface area contributed by atoms with Crippen LogP contribution < -0.4 is 5.32 Å². The lowest BCUT2D eigenvalue weighted by Gasteiger charge is -2.18. The smallest absolute Gasteiger partial charge is 0.343 e. The van der Waals surface area contributed by atoms with E-state index in [0.29, 0.717) is 18.9 Å². The molecule has 35 heavy (non-hydrogen) atoms. The van der Waals surface area contributed by atoms with Crippen molar-refractivity contribution in [3.8, 4) is 5.82 Å². The molecular weight excluding hydrogens is 448 g/mol. The van der Waals surface area contributed by atoms with Gasteiger partial charge in [0.05, 0.1) is 24.2 Å². The number of esters is 1. The highest BCUT2D eigenvalue weighted by molar-refractivity contribution is 6.02. The Bertz CT molecular complexity index is 1240. The van der Waals surface area contributed by atoms with Crippen LogP contribution in [0.4, 0.5) is 5.82 Å². The van der Waals surface area contributed by atoms with Gasteiger partial charge >= 0.3 is 5.97 Å². The van der Waals surface area contributed by atoms with Crippen LogP contribution in [0.2, 0.25) is 0 Å². The molecule has 3 aromatic rings. The summed E-state index contributed by atoms with van der Waals surface area (Å²) in [6.45, 7) is 3.70. The lowest BCUT2D eigenvalue weighted by molar-refractivity contribution is -0.128. The van der Waals surface area contributed by atoms with Gasteiger partial charge in [0.15, 0.2) is 11.6 Å². The van der Waals surface area contributed by atoms with Crippen LogP contribution in [0, 0.1) is 5.92 Å². The zero-order chi connectivity index (χ0) is 24.9. The number of hydrogen-bond acceptors (Lipinski definition) is 7. The van der Waals surface area contributed by atoms with Crippen molar-refractivity contribution in [3.63, 3.8) is 0 Å².